The van der Waals surface area contributed by atoms with E-state index >= 15 is 0 Å². The zero-order valence-electron chi connectivity index (χ0n) is 9.08. The maximum atomic E-state index is 11.6. The lowest BCUT2D eigenvalue weighted by Gasteiger charge is -2.06. The molecule has 1 heterocycles. The first-order valence-electron chi connectivity index (χ1n) is 5.30. The number of hydrogen-bond donors (Lipinski definition) is 0. The number of aromatic nitrogens is 1. The molecule has 0 saturated carbocycles. The highest BCUT2D eigenvalue weighted by molar-refractivity contribution is 7.99. The second kappa shape index (κ2) is 4.66. The molecule has 2 rings (SSSR count). The van der Waals surface area contributed by atoms with E-state index in [-0.39, 0.29) is 0 Å². The highest BCUT2D eigenvalue weighted by Gasteiger charge is 2.21. The number of nitrogens with zero attached hydrogens (tertiary/aromatic N) is 1. The second-order valence-electron chi connectivity index (χ2n) is 4.02. The molecule has 1 aromatic rings. The van der Waals surface area contributed by atoms with Gasteiger partial charge in [0, 0.05) is 12.2 Å². The fourth-order valence-corrected chi connectivity index (χ4v) is 3.47. The standard InChI is InChI=1S/C11H15NOS2/c1-7(2)14-6-10-12-8-4-3-5-9(13)11(8)15-10/h7H,3-6H2,1-2H3. The number of thioether (sulfide) groups is 1. The largest absolute Gasteiger partial charge is 0.293 e. The van der Waals surface area contributed by atoms with Crippen LogP contribution in [0.3, 0.4) is 0 Å². The third kappa shape index (κ3) is 2.61. The molecule has 2 nitrogen and oxygen atoms in total. The summed E-state index contributed by atoms with van der Waals surface area (Å²) >= 11 is 3.49. The molecule has 0 unspecified atom stereocenters. The van der Waals surface area contributed by atoms with Gasteiger partial charge in [-0.05, 0) is 18.1 Å². The lowest BCUT2D eigenvalue weighted by molar-refractivity contribution is 0.0976. The molecular weight excluding hydrogens is 226 g/mol. The first-order chi connectivity index (χ1) is 7.16. The van der Waals surface area contributed by atoms with Gasteiger partial charge >= 0.3 is 0 Å². The van der Waals surface area contributed by atoms with E-state index in [1.807, 2.05) is 11.8 Å². The minimum atomic E-state index is 0.301. The van der Waals surface area contributed by atoms with Gasteiger partial charge in [0.25, 0.3) is 0 Å². The first-order valence-corrected chi connectivity index (χ1v) is 7.16. The molecule has 0 saturated heterocycles. The van der Waals surface area contributed by atoms with E-state index in [2.05, 4.69) is 18.8 Å². The first kappa shape index (κ1) is 11.1. The van der Waals surface area contributed by atoms with Crippen molar-refractivity contribution in [2.75, 3.05) is 0 Å². The number of carbonyl (C=O) groups is 1. The van der Waals surface area contributed by atoms with E-state index < -0.39 is 0 Å². The van der Waals surface area contributed by atoms with Crippen molar-refractivity contribution in [3.63, 3.8) is 0 Å². The van der Waals surface area contributed by atoms with Crippen LogP contribution in [0.2, 0.25) is 0 Å². The van der Waals surface area contributed by atoms with Gasteiger partial charge < -0.3 is 0 Å². The Hall–Kier alpha value is -0.350. The molecule has 15 heavy (non-hydrogen) atoms. The summed E-state index contributed by atoms with van der Waals surface area (Å²) in [6, 6.07) is 0. The molecule has 0 radical (unpaired) electrons. The van der Waals surface area contributed by atoms with Crippen molar-refractivity contribution in [3.05, 3.63) is 15.6 Å². The number of carbonyl (C=O) groups excluding carboxylic acids is 1. The predicted octanol–water partition coefficient (Wildman–Crippen LogP) is 3.30. The zero-order chi connectivity index (χ0) is 10.8. The van der Waals surface area contributed by atoms with Crippen molar-refractivity contribution in [2.24, 2.45) is 0 Å². The van der Waals surface area contributed by atoms with E-state index in [1.165, 1.54) is 0 Å². The zero-order valence-corrected chi connectivity index (χ0v) is 10.7. The van der Waals surface area contributed by atoms with Gasteiger partial charge in [-0.3, -0.25) is 4.79 Å². The Bertz CT molecular complexity index is 371. The van der Waals surface area contributed by atoms with Crippen LogP contribution in [-0.4, -0.2) is 16.0 Å². The van der Waals surface area contributed by atoms with Crippen LogP contribution in [-0.2, 0) is 12.2 Å². The summed E-state index contributed by atoms with van der Waals surface area (Å²) in [7, 11) is 0. The van der Waals surface area contributed by atoms with Crippen molar-refractivity contribution >= 4 is 28.9 Å². The van der Waals surface area contributed by atoms with Crippen molar-refractivity contribution < 1.29 is 4.79 Å². The van der Waals surface area contributed by atoms with Crippen LogP contribution in [0.25, 0.3) is 0 Å². The Labute approximate surface area is 98.5 Å². The van der Waals surface area contributed by atoms with Gasteiger partial charge in [-0.15, -0.1) is 11.3 Å². The summed E-state index contributed by atoms with van der Waals surface area (Å²) in [5, 5.41) is 1.75. The van der Waals surface area contributed by atoms with Gasteiger partial charge in [-0.2, -0.15) is 11.8 Å². The molecule has 0 spiro atoms. The molecular formula is C11H15NOS2. The number of hydrogen-bond acceptors (Lipinski definition) is 4. The van der Waals surface area contributed by atoms with Crippen molar-refractivity contribution in [1.82, 2.24) is 4.98 Å². The Morgan fingerprint density at radius 3 is 2.93 bits per heavy atom. The van der Waals surface area contributed by atoms with Crippen LogP contribution in [0.15, 0.2) is 0 Å². The maximum Gasteiger partial charge on any atom is 0.174 e. The summed E-state index contributed by atoms with van der Waals surface area (Å²) in [6.45, 7) is 4.37. The highest BCUT2D eigenvalue weighted by atomic mass is 32.2. The monoisotopic (exact) mass is 241 g/mol. The number of ketones is 1. The summed E-state index contributed by atoms with van der Waals surface area (Å²) < 4.78 is 0. The molecule has 0 aliphatic heterocycles. The molecule has 4 heteroatoms. The Balaban J connectivity index is 2.11. The van der Waals surface area contributed by atoms with E-state index in [0.29, 0.717) is 17.5 Å². The van der Waals surface area contributed by atoms with E-state index in [0.717, 1.165) is 34.2 Å². The van der Waals surface area contributed by atoms with Gasteiger partial charge in [0.05, 0.1) is 10.6 Å². The molecule has 0 aromatic carbocycles. The van der Waals surface area contributed by atoms with Crippen LogP contribution >= 0.6 is 23.1 Å². The molecule has 1 aromatic heterocycles. The third-order valence-corrected chi connectivity index (χ3v) is 4.78. The lowest BCUT2D eigenvalue weighted by Crippen LogP contribution is -2.07. The van der Waals surface area contributed by atoms with Gasteiger partial charge in [-0.25, -0.2) is 4.98 Å². The molecule has 0 fully saturated rings. The van der Waals surface area contributed by atoms with Gasteiger partial charge in [-0.1, -0.05) is 13.8 Å². The van der Waals surface area contributed by atoms with Crippen LogP contribution in [0, 0.1) is 0 Å². The number of rotatable bonds is 3. The van der Waals surface area contributed by atoms with Crippen molar-refractivity contribution in [2.45, 2.75) is 44.1 Å². The number of fused-ring (bicyclic) bond motifs is 1. The Kier molecular flexibility index (Phi) is 3.46. The quantitative estimate of drug-likeness (QED) is 0.813. The highest BCUT2D eigenvalue weighted by Crippen LogP contribution is 2.29. The molecule has 0 bridgehead atoms. The van der Waals surface area contributed by atoms with Crippen LogP contribution in [0.5, 0.6) is 0 Å². The van der Waals surface area contributed by atoms with Crippen molar-refractivity contribution in [3.8, 4) is 0 Å². The van der Waals surface area contributed by atoms with Crippen molar-refractivity contribution in [1.29, 1.82) is 0 Å². The topological polar surface area (TPSA) is 30.0 Å². The Morgan fingerprint density at radius 1 is 1.47 bits per heavy atom. The fraction of sp³-hybridized carbons (Fsp3) is 0.636. The van der Waals surface area contributed by atoms with E-state index in [4.69, 9.17) is 0 Å². The summed E-state index contributed by atoms with van der Waals surface area (Å²) in [4.78, 5) is 17.1. The SMILES string of the molecule is CC(C)SCc1nc2c(s1)C(=O)CCC2. The lowest BCUT2D eigenvalue weighted by atomic mass is 10.0. The minimum absolute atomic E-state index is 0.301. The maximum absolute atomic E-state index is 11.6. The second-order valence-corrected chi connectivity index (χ2v) is 6.67. The predicted molar refractivity (Wildman–Crippen MR) is 65.8 cm³/mol. The molecule has 1 aliphatic carbocycles. The average molecular weight is 241 g/mol. The van der Waals surface area contributed by atoms with Gasteiger partial charge in [0.15, 0.2) is 5.78 Å². The third-order valence-electron chi connectivity index (χ3n) is 2.35. The van der Waals surface area contributed by atoms with Crippen LogP contribution in [0.4, 0.5) is 0 Å². The molecule has 0 atom stereocenters. The van der Waals surface area contributed by atoms with Crippen LogP contribution in [0.1, 0.15) is 47.1 Å². The minimum Gasteiger partial charge on any atom is -0.293 e. The summed E-state index contributed by atoms with van der Waals surface area (Å²) in [6.07, 6.45) is 2.68. The van der Waals surface area contributed by atoms with Crippen LogP contribution < -0.4 is 0 Å². The van der Waals surface area contributed by atoms with Gasteiger partial charge in [0.2, 0.25) is 0 Å². The molecule has 1 aliphatic rings. The summed E-state index contributed by atoms with van der Waals surface area (Å²) in [5.74, 6) is 1.25. The van der Waals surface area contributed by atoms with Gasteiger partial charge in [0.1, 0.15) is 5.01 Å². The number of thiazole rings is 1. The summed E-state index contributed by atoms with van der Waals surface area (Å²) in [5.41, 5.74) is 1.05. The molecule has 82 valence electrons. The number of aryl methyl sites for hydroxylation is 1. The molecule has 0 amide bonds. The number of Topliss-reactive ketones (excluding diaryl/α,β-unsaturated/α-hetero) is 1. The van der Waals surface area contributed by atoms with E-state index in [1.54, 1.807) is 11.3 Å². The molecule has 0 N–H and O–H groups in total. The Morgan fingerprint density at radius 2 is 2.27 bits per heavy atom. The normalized spacial score (nSPS) is 15.8. The average Bonchev–Trinajstić information content (AvgIpc) is 2.59. The smallest absolute Gasteiger partial charge is 0.174 e. The van der Waals surface area contributed by atoms with E-state index in [9.17, 15) is 4.79 Å². The fourth-order valence-electron chi connectivity index (χ4n) is 1.62.